The molecule has 3 N–H and O–H groups in total. The van der Waals surface area contributed by atoms with Gasteiger partial charge in [0, 0.05) is 0 Å². The van der Waals surface area contributed by atoms with Gasteiger partial charge in [-0.1, -0.05) is 20.4 Å². The summed E-state index contributed by atoms with van der Waals surface area (Å²) in [4.78, 5) is 37.0. The van der Waals surface area contributed by atoms with Crippen LogP contribution in [0.1, 0.15) is 26.0 Å². The van der Waals surface area contributed by atoms with E-state index in [0.29, 0.717) is 4.90 Å². The summed E-state index contributed by atoms with van der Waals surface area (Å²) in [6.45, 7) is 6.38. The Bertz CT molecular complexity index is 564. The Morgan fingerprint density at radius 1 is 1.50 bits per heavy atom. The van der Waals surface area contributed by atoms with Crippen LogP contribution in [0.4, 0.5) is 0 Å². The van der Waals surface area contributed by atoms with E-state index in [4.69, 9.17) is 10.2 Å². The lowest BCUT2D eigenvalue weighted by Crippen LogP contribution is -2.58. The van der Waals surface area contributed by atoms with Gasteiger partial charge in [0.15, 0.2) is 0 Å². The Hall–Kier alpha value is -2.41. The lowest BCUT2D eigenvalue weighted by Gasteiger charge is -2.38. The molecule has 22 heavy (non-hydrogen) atoms. The minimum absolute atomic E-state index is 0.00861. The predicted octanol–water partition coefficient (Wildman–Crippen LogP) is 1.11. The third-order valence-electron chi connectivity index (χ3n) is 3.19. The van der Waals surface area contributed by atoms with E-state index < -0.39 is 29.9 Å². The molecule has 0 saturated carbocycles. The van der Waals surface area contributed by atoms with E-state index in [1.807, 2.05) is 0 Å². The topological polar surface area (TPSA) is 114 Å². The number of nitrogens with two attached hydrogens (primary N) is 1. The quantitative estimate of drug-likeness (QED) is 0.729. The zero-order chi connectivity index (χ0) is 16.9. The Kier molecular flexibility index (Phi) is 5.64. The Morgan fingerprint density at radius 3 is 2.50 bits per heavy atom. The number of carbonyl (C=O) groups is 3. The van der Waals surface area contributed by atoms with Crippen LogP contribution in [0.2, 0.25) is 0 Å². The van der Waals surface area contributed by atoms with Crippen LogP contribution in [0, 0.1) is 5.92 Å². The van der Waals surface area contributed by atoms with Crippen LogP contribution in [-0.4, -0.2) is 34.3 Å². The molecule has 0 aromatic carbocycles. The van der Waals surface area contributed by atoms with Gasteiger partial charge in [-0.2, -0.15) is 0 Å². The van der Waals surface area contributed by atoms with Crippen molar-refractivity contribution in [3.63, 3.8) is 0 Å². The van der Waals surface area contributed by atoms with Crippen molar-refractivity contribution in [1.29, 1.82) is 0 Å². The van der Waals surface area contributed by atoms with E-state index in [2.05, 4.69) is 6.58 Å². The second-order valence-corrected chi connectivity index (χ2v) is 5.22. The number of carboxylic acid groups (broad SMARTS) is 1. The maximum absolute atomic E-state index is 12.2. The molecule has 0 fully saturated rings. The van der Waals surface area contributed by atoms with Gasteiger partial charge in [-0.05, 0) is 30.5 Å². The zero-order valence-corrected chi connectivity index (χ0v) is 12.6. The minimum Gasteiger partial charge on any atom is -0.479 e. The zero-order valence-electron chi connectivity index (χ0n) is 12.6. The fourth-order valence-corrected chi connectivity index (χ4v) is 2.40. The van der Waals surface area contributed by atoms with Crippen molar-refractivity contribution in [2.75, 3.05) is 6.54 Å². The maximum Gasteiger partial charge on any atom is 0.338 e. The van der Waals surface area contributed by atoms with Crippen molar-refractivity contribution in [2.24, 2.45) is 11.7 Å². The van der Waals surface area contributed by atoms with Crippen LogP contribution in [0.25, 0.3) is 0 Å². The predicted molar refractivity (Wildman–Crippen MR) is 78.6 cm³/mol. The normalized spacial score (nSPS) is 13.5. The number of aliphatic carboxylic acids is 1. The van der Waals surface area contributed by atoms with Gasteiger partial charge in [-0.25, -0.2) is 4.79 Å². The fraction of sp³-hybridized carbons (Fsp3) is 0.400. The third-order valence-corrected chi connectivity index (χ3v) is 3.19. The first-order chi connectivity index (χ1) is 10.3. The maximum atomic E-state index is 12.2. The Labute approximate surface area is 128 Å². The van der Waals surface area contributed by atoms with E-state index in [1.54, 1.807) is 13.8 Å². The highest BCUT2D eigenvalue weighted by atomic mass is 16.4. The van der Waals surface area contributed by atoms with Crippen molar-refractivity contribution in [1.82, 2.24) is 4.90 Å². The van der Waals surface area contributed by atoms with Gasteiger partial charge >= 0.3 is 5.97 Å². The standard InChI is InChI=1S/C15H20N2O5/c1-4-12(18)17(13(19)9-16)15(14(20)21,8-10(2)3)11-6-5-7-22-11/h4-7,10H,1,8-9,16H2,2-3H3,(H,20,21). The molecule has 1 unspecified atom stereocenters. The van der Waals surface area contributed by atoms with Crippen molar-refractivity contribution in [3.05, 3.63) is 36.8 Å². The molecule has 0 spiro atoms. The van der Waals surface area contributed by atoms with Gasteiger partial charge in [-0.3, -0.25) is 14.5 Å². The molecule has 2 amide bonds. The molecule has 1 atom stereocenters. The second kappa shape index (κ2) is 7.04. The highest BCUT2D eigenvalue weighted by Crippen LogP contribution is 2.36. The lowest BCUT2D eigenvalue weighted by molar-refractivity contribution is -0.168. The van der Waals surface area contributed by atoms with Gasteiger partial charge < -0.3 is 15.3 Å². The number of rotatable bonds is 7. The molecule has 7 heteroatoms. The van der Waals surface area contributed by atoms with Crippen molar-refractivity contribution >= 4 is 17.8 Å². The molecule has 1 heterocycles. The smallest absolute Gasteiger partial charge is 0.338 e. The summed E-state index contributed by atoms with van der Waals surface area (Å²) in [5.74, 6) is -3.16. The van der Waals surface area contributed by atoms with Crippen LogP contribution in [0.15, 0.2) is 35.5 Å². The van der Waals surface area contributed by atoms with E-state index in [1.165, 1.54) is 18.4 Å². The summed E-state index contributed by atoms with van der Waals surface area (Å²) in [7, 11) is 0. The number of nitrogens with zero attached hydrogens (tertiary/aromatic N) is 1. The molecule has 0 bridgehead atoms. The van der Waals surface area contributed by atoms with Crippen molar-refractivity contribution in [3.8, 4) is 0 Å². The molecule has 0 aliphatic rings. The Balaban J connectivity index is 3.63. The van der Waals surface area contributed by atoms with Crippen molar-refractivity contribution < 1.29 is 23.9 Å². The number of carboxylic acids is 1. The number of hydrogen-bond acceptors (Lipinski definition) is 5. The van der Waals surface area contributed by atoms with Gasteiger partial charge in [0.25, 0.3) is 5.91 Å². The summed E-state index contributed by atoms with van der Waals surface area (Å²) < 4.78 is 5.23. The average Bonchev–Trinajstić information content (AvgIpc) is 2.99. The Morgan fingerprint density at radius 2 is 2.14 bits per heavy atom. The van der Waals surface area contributed by atoms with Crippen LogP contribution >= 0.6 is 0 Å². The summed E-state index contributed by atoms with van der Waals surface area (Å²) in [5.41, 5.74) is 3.39. The molecule has 0 saturated heterocycles. The lowest BCUT2D eigenvalue weighted by atomic mass is 9.84. The van der Waals surface area contributed by atoms with Crippen LogP contribution < -0.4 is 5.73 Å². The first-order valence-corrected chi connectivity index (χ1v) is 6.78. The molecule has 7 nitrogen and oxygen atoms in total. The van der Waals surface area contributed by atoms with E-state index in [0.717, 1.165) is 6.08 Å². The molecular weight excluding hydrogens is 288 g/mol. The summed E-state index contributed by atoms with van der Waals surface area (Å²) in [6.07, 6.45) is 2.16. The summed E-state index contributed by atoms with van der Waals surface area (Å²) in [5, 5.41) is 9.82. The molecule has 1 aromatic heterocycles. The number of imide groups is 1. The van der Waals surface area contributed by atoms with E-state index in [-0.39, 0.29) is 18.1 Å². The van der Waals surface area contributed by atoms with E-state index >= 15 is 0 Å². The first kappa shape index (κ1) is 17.6. The third kappa shape index (κ3) is 3.09. The van der Waals surface area contributed by atoms with Gasteiger partial charge in [0.05, 0.1) is 12.8 Å². The van der Waals surface area contributed by atoms with Gasteiger partial charge in [-0.15, -0.1) is 0 Å². The van der Waals surface area contributed by atoms with Crippen molar-refractivity contribution in [2.45, 2.75) is 25.8 Å². The number of carbonyl (C=O) groups excluding carboxylic acids is 2. The number of amides is 2. The van der Waals surface area contributed by atoms with Crippen LogP contribution in [-0.2, 0) is 19.9 Å². The molecule has 1 aromatic rings. The van der Waals surface area contributed by atoms with Gasteiger partial charge in [0.2, 0.25) is 11.4 Å². The first-order valence-electron chi connectivity index (χ1n) is 6.78. The largest absolute Gasteiger partial charge is 0.479 e. The van der Waals surface area contributed by atoms with Gasteiger partial charge in [0.1, 0.15) is 5.76 Å². The molecular formula is C15H20N2O5. The van der Waals surface area contributed by atoms with E-state index in [9.17, 15) is 19.5 Å². The fourth-order valence-electron chi connectivity index (χ4n) is 2.40. The second-order valence-electron chi connectivity index (χ2n) is 5.22. The summed E-state index contributed by atoms with van der Waals surface area (Å²) >= 11 is 0. The van der Waals surface area contributed by atoms with Crippen LogP contribution in [0.3, 0.4) is 0 Å². The summed E-state index contributed by atoms with van der Waals surface area (Å²) in [6, 6.07) is 2.92. The van der Waals surface area contributed by atoms with Crippen LogP contribution in [0.5, 0.6) is 0 Å². The number of furan rings is 1. The number of hydrogen-bond donors (Lipinski definition) is 2. The minimum atomic E-state index is -1.96. The molecule has 120 valence electrons. The SMILES string of the molecule is C=CC(=O)N(C(=O)CN)C(CC(C)C)(C(=O)O)c1ccco1. The highest BCUT2D eigenvalue weighted by Gasteiger charge is 2.53. The highest BCUT2D eigenvalue weighted by molar-refractivity contribution is 6.05. The molecule has 0 aliphatic carbocycles. The monoisotopic (exact) mass is 308 g/mol. The molecule has 0 radical (unpaired) electrons. The molecule has 0 aliphatic heterocycles. The average molecular weight is 308 g/mol. The molecule has 1 rings (SSSR count).